The van der Waals surface area contributed by atoms with Crippen molar-refractivity contribution < 1.29 is 0 Å². The summed E-state index contributed by atoms with van der Waals surface area (Å²) in [6.07, 6.45) is 5.77. The van der Waals surface area contributed by atoms with E-state index in [-0.39, 0.29) is 0 Å². The summed E-state index contributed by atoms with van der Waals surface area (Å²) in [5, 5.41) is 0. The third-order valence-electron chi connectivity index (χ3n) is 3.18. The third-order valence-corrected chi connectivity index (χ3v) is 3.18. The molecule has 0 heterocycles. The first-order chi connectivity index (χ1) is 5.13. The van der Waals surface area contributed by atoms with Crippen LogP contribution in [0.25, 0.3) is 0 Å². The van der Waals surface area contributed by atoms with Crippen molar-refractivity contribution in [2.45, 2.75) is 47.0 Å². The molecule has 0 atom stereocenters. The first kappa shape index (κ1) is 10.7. The van der Waals surface area contributed by atoms with Crippen LogP contribution in [-0.4, -0.2) is 0 Å². The second-order valence-electron chi connectivity index (χ2n) is 3.72. The molecule has 0 amide bonds. The number of allylic oxidation sites excluding steroid dienone is 1. The van der Waals surface area contributed by atoms with Gasteiger partial charge in [-0.1, -0.05) is 33.8 Å². The smallest absolute Gasteiger partial charge is 0.0245 e. The Hall–Kier alpha value is -0.260. The fraction of sp³-hybridized carbons (Fsp3) is 0.818. The summed E-state index contributed by atoms with van der Waals surface area (Å²) in [7, 11) is 0. The van der Waals surface area contributed by atoms with Crippen molar-refractivity contribution in [3.8, 4) is 0 Å². The van der Waals surface area contributed by atoms with Gasteiger partial charge < -0.3 is 0 Å². The molecular weight excluding hydrogens is 132 g/mol. The van der Waals surface area contributed by atoms with Gasteiger partial charge in [-0.2, -0.15) is 0 Å². The molecule has 0 saturated carbocycles. The van der Waals surface area contributed by atoms with Crippen LogP contribution in [0.4, 0.5) is 0 Å². The van der Waals surface area contributed by atoms with Crippen molar-refractivity contribution in [2.75, 3.05) is 0 Å². The molecule has 0 saturated heterocycles. The zero-order valence-electron chi connectivity index (χ0n) is 8.48. The van der Waals surface area contributed by atoms with Gasteiger partial charge in [-0.15, -0.1) is 6.58 Å². The molecule has 0 bridgehead atoms. The first-order valence-electron chi connectivity index (χ1n) is 4.73. The fourth-order valence-electron chi connectivity index (χ4n) is 1.88. The molecule has 0 spiro atoms. The largest absolute Gasteiger partial charge is 0.103 e. The van der Waals surface area contributed by atoms with Crippen molar-refractivity contribution in [1.82, 2.24) is 0 Å². The predicted octanol–water partition coefficient (Wildman–Crippen LogP) is 4.02. The average Bonchev–Trinajstić information content (AvgIpc) is 2.00. The zero-order chi connectivity index (χ0) is 8.91. The SMILES string of the molecule is C=CCC(CC)(CC)C(C)C. The van der Waals surface area contributed by atoms with Crippen LogP contribution in [0.2, 0.25) is 0 Å². The van der Waals surface area contributed by atoms with E-state index < -0.39 is 0 Å². The van der Waals surface area contributed by atoms with Crippen LogP contribution >= 0.6 is 0 Å². The maximum atomic E-state index is 3.82. The molecule has 66 valence electrons. The van der Waals surface area contributed by atoms with Crippen LogP contribution in [0.1, 0.15) is 47.0 Å². The highest BCUT2D eigenvalue weighted by molar-refractivity contribution is 4.86. The molecule has 0 nitrogen and oxygen atoms in total. The van der Waals surface area contributed by atoms with E-state index in [0.717, 1.165) is 12.3 Å². The molecule has 0 rings (SSSR count). The highest BCUT2D eigenvalue weighted by atomic mass is 14.3. The van der Waals surface area contributed by atoms with E-state index in [1.54, 1.807) is 0 Å². The Morgan fingerprint density at radius 3 is 1.82 bits per heavy atom. The van der Waals surface area contributed by atoms with Gasteiger partial charge in [0.15, 0.2) is 0 Å². The van der Waals surface area contributed by atoms with Crippen molar-refractivity contribution in [1.29, 1.82) is 0 Å². The highest BCUT2D eigenvalue weighted by Crippen LogP contribution is 2.38. The Bertz CT molecular complexity index is 107. The van der Waals surface area contributed by atoms with Crippen LogP contribution in [0, 0.1) is 11.3 Å². The quantitative estimate of drug-likeness (QED) is 0.524. The standard InChI is InChI=1S/C11H22/c1-6-9-11(7-2,8-3)10(4)5/h6,10H,1,7-9H2,2-5H3. The molecule has 0 heteroatoms. The molecule has 0 aliphatic rings. The van der Waals surface area contributed by atoms with Gasteiger partial charge in [-0.25, -0.2) is 0 Å². The van der Waals surface area contributed by atoms with Gasteiger partial charge in [0.1, 0.15) is 0 Å². The monoisotopic (exact) mass is 154 g/mol. The van der Waals surface area contributed by atoms with E-state index in [9.17, 15) is 0 Å². The van der Waals surface area contributed by atoms with E-state index in [1.807, 2.05) is 0 Å². The molecule has 0 aromatic carbocycles. The van der Waals surface area contributed by atoms with E-state index >= 15 is 0 Å². The molecule has 0 N–H and O–H groups in total. The lowest BCUT2D eigenvalue weighted by molar-refractivity contribution is 0.174. The Morgan fingerprint density at radius 1 is 1.27 bits per heavy atom. The van der Waals surface area contributed by atoms with E-state index in [1.165, 1.54) is 12.8 Å². The Kier molecular flexibility index (Phi) is 4.48. The summed E-state index contributed by atoms with van der Waals surface area (Å²) in [5.74, 6) is 0.774. The Labute approximate surface area is 71.7 Å². The Balaban J connectivity index is 4.31. The Morgan fingerprint density at radius 2 is 1.73 bits per heavy atom. The topological polar surface area (TPSA) is 0 Å². The molecule has 0 aromatic rings. The lowest BCUT2D eigenvalue weighted by Crippen LogP contribution is -2.24. The summed E-state index contributed by atoms with van der Waals surface area (Å²) in [6, 6.07) is 0. The molecule has 0 aliphatic heterocycles. The van der Waals surface area contributed by atoms with Gasteiger partial charge in [0.2, 0.25) is 0 Å². The van der Waals surface area contributed by atoms with Crippen molar-refractivity contribution in [3.05, 3.63) is 12.7 Å². The minimum Gasteiger partial charge on any atom is -0.103 e. The maximum Gasteiger partial charge on any atom is -0.0245 e. The lowest BCUT2D eigenvalue weighted by atomic mass is 9.70. The molecule has 0 radical (unpaired) electrons. The predicted molar refractivity (Wildman–Crippen MR) is 52.7 cm³/mol. The summed E-state index contributed by atoms with van der Waals surface area (Å²) < 4.78 is 0. The molecule has 0 unspecified atom stereocenters. The van der Waals surface area contributed by atoms with Crippen molar-refractivity contribution in [2.24, 2.45) is 11.3 Å². The van der Waals surface area contributed by atoms with Crippen molar-refractivity contribution >= 4 is 0 Å². The fourth-order valence-corrected chi connectivity index (χ4v) is 1.88. The maximum absolute atomic E-state index is 3.82. The third kappa shape index (κ3) is 2.36. The number of rotatable bonds is 5. The van der Waals surface area contributed by atoms with Crippen LogP contribution < -0.4 is 0 Å². The minimum absolute atomic E-state index is 0.516. The molecular formula is C11H22. The van der Waals surface area contributed by atoms with Gasteiger partial charge in [0, 0.05) is 0 Å². The van der Waals surface area contributed by atoms with Gasteiger partial charge in [-0.3, -0.25) is 0 Å². The van der Waals surface area contributed by atoms with Crippen molar-refractivity contribution in [3.63, 3.8) is 0 Å². The highest BCUT2D eigenvalue weighted by Gasteiger charge is 2.27. The summed E-state index contributed by atoms with van der Waals surface area (Å²) in [4.78, 5) is 0. The van der Waals surface area contributed by atoms with Gasteiger partial charge >= 0.3 is 0 Å². The van der Waals surface area contributed by atoms with Crippen LogP contribution in [0.5, 0.6) is 0 Å². The molecule has 0 aliphatic carbocycles. The second-order valence-corrected chi connectivity index (χ2v) is 3.72. The van der Waals surface area contributed by atoms with Gasteiger partial charge in [0.25, 0.3) is 0 Å². The summed E-state index contributed by atoms with van der Waals surface area (Å²) in [6.45, 7) is 13.0. The van der Waals surface area contributed by atoms with Gasteiger partial charge in [0.05, 0.1) is 0 Å². The minimum atomic E-state index is 0.516. The van der Waals surface area contributed by atoms with E-state index in [0.29, 0.717) is 5.41 Å². The van der Waals surface area contributed by atoms with Crippen LogP contribution in [0.3, 0.4) is 0 Å². The normalized spacial score (nSPS) is 12.1. The number of hydrogen-bond acceptors (Lipinski definition) is 0. The zero-order valence-corrected chi connectivity index (χ0v) is 8.48. The molecule has 0 aromatic heterocycles. The van der Waals surface area contributed by atoms with Crippen LogP contribution in [-0.2, 0) is 0 Å². The first-order valence-corrected chi connectivity index (χ1v) is 4.73. The molecule has 11 heavy (non-hydrogen) atoms. The number of hydrogen-bond donors (Lipinski definition) is 0. The second kappa shape index (κ2) is 4.58. The average molecular weight is 154 g/mol. The van der Waals surface area contributed by atoms with Crippen LogP contribution in [0.15, 0.2) is 12.7 Å². The van der Waals surface area contributed by atoms with Gasteiger partial charge in [-0.05, 0) is 30.6 Å². The molecule has 0 fully saturated rings. The summed E-state index contributed by atoms with van der Waals surface area (Å²) >= 11 is 0. The lowest BCUT2D eigenvalue weighted by Gasteiger charge is -2.35. The van der Waals surface area contributed by atoms with E-state index in [2.05, 4.69) is 40.3 Å². The van der Waals surface area contributed by atoms with E-state index in [4.69, 9.17) is 0 Å². The summed E-state index contributed by atoms with van der Waals surface area (Å²) in [5.41, 5.74) is 0.516.